The van der Waals surface area contributed by atoms with Crippen molar-refractivity contribution in [1.82, 2.24) is 15.1 Å². The third kappa shape index (κ3) is 5.77. The van der Waals surface area contributed by atoms with E-state index in [2.05, 4.69) is 42.9 Å². The van der Waals surface area contributed by atoms with Gasteiger partial charge in [-0.3, -0.25) is 9.69 Å². The molecule has 20 heavy (non-hydrogen) atoms. The molecule has 0 aromatic rings. The van der Waals surface area contributed by atoms with E-state index >= 15 is 0 Å². The van der Waals surface area contributed by atoms with Gasteiger partial charge in [0.15, 0.2) is 0 Å². The molecule has 0 radical (unpaired) electrons. The van der Waals surface area contributed by atoms with Gasteiger partial charge < -0.3 is 15.0 Å². The molecule has 1 heterocycles. The van der Waals surface area contributed by atoms with Gasteiger partial charge in [-0.05, 0) is 27.3 Å². The third-order valence-electron chi connectivity index (χ3n) is 3.78. The summed E-state index contributed by atoms with van der Waals surface area (Å²) in [5, 5.41) is 3.32. The van der Waals surface area contributed by atoms with Crippen LogP contribution in [0.25, 0.3) is 0 Å². The number of rotatable bonds is 7. The van der Waals surface area contributed by atoms with Crippen molar-refractivity contribution >= 4 is 5.97 Å². The number of carbonyl (C=O) groups excluding carboxylic acids is 1. The highest BCUT2D eigenvalue weighted by Crippen LogP contribution is 2.10. The highest BCUT2D eigenvalue weighted by Gasteiger charge is 2.25. The van der Waals surface area contributed by atoms with Crippen molar-refractivity contribution in [2.75, 3.05) is 39.8 Å². The monoisotopic (exact) mass is 285 g/mol. The number of nitrogens with zero attached hydrogens (tertiary/aromatic N) is 2. The van der Waals surface area contributed by atoms with Gasteiger partial charge in [0, 0.05) is 38.3 Å². The normalized spacial score (nSPS) is 23.0. The first-order chi connectivity index (χ1) is 9.43. The molecule has 5 nitrogen and oxygen atoms in total. The molecule has 118 valence electrons. The van der Waals surface area contributed by atoms with Gasteiger partial charge in [-0.2, -0.15) is 0 Å². The summed E-state index contributed by atoms with van der Waals surface area (Å²) in [5.41, 5.74) is 0. The van der Waals surface area contributed by atoms with Crippen molar-refractivity contribution in [3.05, 3.63) is 0 Å². The maximum atomic E-state index is 12.0. The Morgan fingerprint density at radius 3 is 2.65 bits per heavy atom. The van der Waals surface area contributed by atoms with Crippen LogP contribution >= 0.6 is 0 Å². The highest BCUT2D eigenvalue weighted by atomic mass is 16.5. The Bertz CT molecular complexity index is 297. The predicted molar refractivity (Wildman–Crippen MR) is 81.8 cm³/mol. The molecule has 0 saturated carbocycles. The van der Waals surface area contributed by atoms with E-state index in [0.717, 1.165) is 32.6 Å². The Labute approximate surface area is 123 Å². The van der Waals surface area contributed by atoms with Crippen LogP contribution in [-0.2, 0) is 9.53 Å². The molecule has 0 bridgehead atoms. The van der Waals surface area contributed by atoms with Crippen molar-refractivity contribution in [3.8, 4) is 0 Å². The fraction of sp³-hybridized carbons (Fsp3) is 0.933. The zero-order chi connectivity index (χ0) is 15.1. The molecule has 0 aromatic heterocycles. The number of nitrogens with one attached hydrogen (secondary N) is 1. The van der Waals surface area contributed by atoms with Crippen LogP contribution in [-0.4, -0.2) is 73.7 Å². The summed E-state index contributed by atoms with van der Waals surface area (Å²) in [6.07, 6.45) is 0.811. The topological polar surface area (TPSA) is 44.8 Å². The van der Waals surface area contributed by atoms with E-state index in [4.69, 9.17) is 4.74 Å². The molecule has 0 spiro atoms. The first-order valence-corrected chi connectivity index (χ1v) is 7.79. The number of hydrogen-bond donors (Lipinski definition) is 1. The van der Waals surface area contributed by atoms with E-state index in [-0.39, 0.29) is 18.1 Å². The number of likely N-dealkylation sites (N-methyl/N-ethyl adjacent to an activating group) is 1. The first kappa shape index (κ1) is 17.4. The van der Waals surface area contributed by atoms with Crippen LogP contribution in [0.4, 0.5) is 0 Å². The maximum absolute atomic E-state index is 12.0. The molecular weight excluding hydrogens is 254 g/mol. The average Bonchev–Trinajstić information content (AvgIpc) is 2.36. The quantitative estimate of drug-likeness (QED) is 0.705. The van der Waals surface area contributed by atoms with Gasteiger partial charge in [0.25, 0.3) is 0 Å². The summed E-state index contributed by atoms with van der Waals surface area (Å²) in [6.45, 7) is 12.9. The fourth-order valence-electron chi connectivity index (χ4n) is 2.72. The SMILES string of the molecule is CCOC(=O)C(CCN1CCN(C)CC1C)NC(C)C. The van der Waals surface area contributed by atoms with Crippen LogP contribution in [0.5, 0.6) is 0 Å². The Morgan fingerprint density at radius 1 is 1.40 bits per heavy atom. The van der Waals surface area contributed by atoms with Gasteiger partial charge in [0.2, 0.25) is 0 Å². The molecule has 1 aliphatic rings. The minimum Gasteiger partial charge on any atom is -0.465 e. The van der Waals surface area contributed by atoms with Gasteiger partial charge in [-0.15, -0.1) is 0 Å². The lowest BCUT2D eigenvalue weighted by Crippen LogP contribution is -2.52. The molecule has 1 saturated heterocycles. The van der Waals surface area contributed by atoms with Crippen molar-refractivity contribution in [1.29, 1.82) is 0 Å². The van der Waals surface area contributed by atoms with Crippen molar-refractivity contribution in [3.63, 3.8) is 0 Å². The van der Waals surface area contributed by atoms with Crippen LogP contribution in [0.2, 0.25) is 0 Å². The first-order valence-electron chi connectivity index (χ1n) is 7.79. The van der Waals surface area contributed by atoms with E-state index in [0.29, 0.717) is 12.6 Å². The number of hydrogen-bond acceptors (Lipinski definition) is 5. The lowest BCUT2D eigenvalue weighted by Gasteiger charge is -2.38. The van der Waals surface area contributed by atoms with Crippen LogP contribution in [0.3, 0.4) is 0 Å². The van der Waals surface area contributed by atoms with E-state index < -0.39 is 0 Å². The molecular formula is C15H31N3O2. The van der Waals surface area contributed by atoms with Crippen molar-refractivity contribution < 1.29 is 9.53 Å². The molecule has 1 aliphatic heterocycles. The van der Waals surface area contributed by atoms with Gasteiger partial charge in [0.1, 0.15) is 6.04 Å². The summed E-state index contributed by atoms with van der Waals surface area (Å²) in [6, 6.07) is 0.645. The zero-order valence-electron chi connectivity index (χ0n) is 13.7. The Hall–Kier alpha value is -0.650. The molecule has 2 unspecified atom stereocenters. The van der Waals surface area contributed by atoms with Crippen LogP contribution in [0, 0.1) is 0 Å². The number of esters is 1. The lowest BCUT2D eigenvalue weighted by molar-refractivity contribution is -0.146. The zero-order valence-corrected chi connectivity index (χ0v) is 13.7. The van der Waals surface area contributed by atoms with E-state index in [1.54, 1.807) is 0 Å². The summed E-state index contributed by atoms with van der Waals surface area (Å²) >= 11 is 0. The van der Waals surface area contributed by atoms with Gasteiger partial charge >= 0.3 is 5.97 Å². The summed E-state index contributed by atoms with van der Waals surface area (Å²) in [5.74, 6) is -0.122. The number of carbonyl (C=O) groups is 1. The minimum absolute atomic E-state index is 0.122. The molecule has 2 atom stereocenters. The molecule has 0 aromatic carbocycles. The van der Waals surface area contributed by atoms with E-state index in [1.807, 2.05) is 6.92 Å². The number of piperazine rings is 1. The molecule has 0 aliphatic carbocycles. The van der Waals surface area contributed by atoms with Crippen molar-refractivity contribution in [2.45, 2.75) is 52.2 Å². The Morgan fingerprint density at radius 2 is 2.10 bits per heavy atom. The largest absolute Gasteiger partial charge is 0.465 e. The Kier molecular flexibility index (Phi) is 7.48. The van der Waals surface area contributed by atoms with Gasteiger partial charge in [0.05, 0.1) is 6.61 Å². The Balaban J connectivity index is 2.46. The standard InChI is InChI=1S/C15H31N3O2/c1-6-20-15(19)14(16-12(2)3)7-8-18-10-9-17(5)11-13(18)4/h12-14,16H,6-11H2,1-5H3. The van der Waals surface area contributed by atoms with E-state index in [9.17, 15) is 4.79 Å². The van der Waals surface area contributed by atoms with E-state index in [1.165, 1.54) is 0 Å². The number of ether oxygens (including phenoxy) is 1. The second kappa shape index (κ2) is 8.60. The molecule has 0 amide bonds. The highest BCUT2D eigenvalue weighted by molar-refractivity contribution is 5.75. The smallest absolute Gasteiger partial charge is 0.323 e. The fourth-order valence-corrected chi connectivity index (χ4v) is 2.72. The maximum Gasteiger partial charge on any atom is 0.323 e. The van der Waals surface area contributed by atoms with Gasteiger partial charge in [-0.1, -0.05) is 13.8 Å². The van der Waals surface area contributed by atoms with Gasteiger partial charge in [-0.25, -0.2) is 0 Å². The minimum atomic E-state index is -0.193. The van der Waals surface area contributed by atoms with Crippen molar-refractivity contribution in [2.24, 2.45) is 0 Å². The van der Waals surface area contributed by atoms with Crippen LogP contribution in [0.15, 0.2) is 0 Å². The van der Waals surface area contributed by atoms with Crippen LogP contribution < -0.4 is 5.32 Å². The summed E-state index contributed by atoms with van der Waals surface area (Å²) < 4.78 is 5.16. The predicted octanol–water partition coefficient (Wildman–Crippen LogP) is 0.942. The van der Waals surface area contributed by atoms with Crippen LogP contribution in [0.1, 0.15) is 34.1 Å². The molecule has 1 fully saturated rings. The molecule has 1 rings (SSSR count). The molecule has 5 heteroatoms. The second-order valence-electron chi connectivity index (χ2n) is 6.06. The summed E-state index contributed by atoms with van der Waals surface area (Å²) in [7, 11) is 2.16. The average molecular weight is 285 g/mol. The lowest BCUT2D eigenvalue weighted by atomic mass is 10.1. The summed E-state index contributed by atoms with van der Waals surface area (Å²) in [4.78, 5) is 16.8. The third-order valence-corrected chi connectivity index (χ3v) is 3.78. The second-order valence-corrected chi connectivity index (χ2v) is 6.06. The molecule has 1 N–H and O–H groups in total.